The number of hydrogen-bond donors (Lipinski definition) is 1. The maximum atomic E-state index is 12.3. The predicted molar refractivity (Wildman–Crippen MR) is 67.0 cm³/mol. The summed E-state index contributed by atoms with van der Waals surface area (Å²) >= 11 is 0. The van der Waals surface area contributed by atoms with Crippen LogP contribution in [0.25, 0.3) is 0 Å². The molecular weight excluding hydrogens is 216 g/mol. The normalized spacial score (nSPS) is 22.3. The Bertz CT molecular complexity index is 276. The van der Waals surface area contributed by atoms with Gasteiger partial charge in [-0.3, -0.25) is 4.90 Å². The van der Waals surface area contributed by atoms with Crippen molar-refractivity contribution in [2.24, 2.45) is 0 Å². The van der Waals surface area contributed by atoms with E-state index in [1.807, 2.05) is 25.7 Å². The lowest BCUT2D eigenvalue weighted by atomic mass is 10.1. The molecule has 1 N–H and O–H groups in total. The molecule has 1 aliphatic heterocycles. The van der Waals surface area contributed by atoms with E-state index in [9.17, 15) is 4.79 Å². The molecule has 0 aromatic carbocycles. The van der Waals surface area contributed by atoms with Crippen LogP contribution in [0.4, 0.5) is 4.79 Å². The van der Waals surface area contributed by atoms with E-state index in [0.717, 1.165) is 25.9 Å². The fraction of sp³-hybridized carbons (Fsp3) is 0.923. The second-order valence-corrected chi connectivity index (χ2v) is 6.14. The minimum Gasteiger partial charge on any atom is -0.444 e. The molecule has 2 rings (SSSR count). The Hall–Kier alpha value is -0.770. The highest BCUT2D eigenvalue weighted by atomic mass is 16.6. The van der Waals surface area contributed by atoms with Crippen molar-refractivity contribution in [3.05, 3.63) is 0 Å². The summed E-state index contributed by atoms with van der Waals surface area (Å²) in [6.45, 7) is 7.61. The van der Waals surface area contributed by atoms with Crippen LogP contribution >= 0.6 is 0 Å². The molecule has 1 aliphatic carbocycles. The maximum Gasteiger partial charge on any atom is 0.410 e. The van der Waals surface area contributed by atoms with Crippen LogP contribution in [0.3, 0.4) is 0 Å². The zero-order valence-corrected chi connectivity index (χ0v) is 11.2. The first-order valence-corrected chi connectivity index (χ1v) is 6.69. The Morgan fingerprint density at radius 2 is 1.76 bits per heavy atom. The molecule has 4 heteroatoms. The van der Waals surface area contributed by atoms with Crippen molar-refractivity contribution in [2.45, 2.75) is 64.1 Å². The van der Waals surface area contributed by atoms with E-state index < -0.39 is 5.60 Å². The molecule has 98 valence electrons. The molecule has 1 saturated carbocycles. The molecule has 1 saturated heterocycles. The van der Waals surface area contributed by atoms with Gasteiger partial charge >= 0.3 is 6.09 Å². The summed E-state index contributed by atoms with van der Waals surface area (Å²) in [6.07, 6.45) is 4.62. The number of amides is 1. The molecule has 0 unspecified atom stereocenters. The molecule has 0 aromatic rings. The average molecular weight is 240 g/mol. The summed E-state index contributed by atoms with van der Waals surface area (Å²) in [5, 5.41) is 3.23. The molecule has 0 atom stereocenters. The van der Waals surface area contributed by atoms with E-state index in [1.54, 1.807) is 0 Å². The molecule has 0 aromatic heterocycles. The SMILES string of the molecule is CC(C)(C)OC(=O)N(C1CCCC1)C1CNC1. The summed E-state index contributed by atoms with van der Waals surface area (Å²) in [7, 11) is 0. The Kier molecular flexibility index (Phi) is 3.61. The number of carbonyl (C=O) groups is 1. The minimum atomic E-state index is -0.398. The Labute approximate surface area is 104 Å². The number of nitrogens with zero attached hydrogens (tertiary/aromatic N) is 1. The van der Waals surface area contributed by atoms with E-state index in [4.69, 9.17) is 4.74 Å². The Morgan fingerprint density at radius 3 is 2.18 bits per heavy atom. The second kappa shape index (κ2) is 4.84. The van der Waals surface area contributed by atoms with Crippen molar-refractivity contribution < 1.29 is 9.53 Å². The molecule has 1 heterocycles. The quantitative estimate of drug-likeness (QED) is 0.804. The van der Waals surface area contributed by atoms with Gasteiger partial charge in [-0.05, 0) is 33.6 Å². The van der Waals surface area contributed by atoms with Crippen molar-refractivity contribution in [3.63, 3.8) is 0 Å². The number of hydrogen-bond acceptors (Lipinski definition) is 3. The second-order valence-electron chi connectivity index (χ2n) is 6.14. The lowest BCUT2D eigenvalue weighted by molar-refractivity contribution is -0.00137. The van der Waals surface area contributed by atoms with Gasteiger partial charge in [-0.25, -0.2) is 4.79 Å². The van der Waals surface area contributed by atoms with Gasteiger partial charge in [0.2, 0.25) is 0 Å². The average Bonchev–Trinajstić information content (AvgIpc) is 2.59. The van der Waals surface area contributed by atoms with Crippen LogP contribution in [0.1, 0.15) is 46.5 Å². The third-order valence-electron chi connectivity index (χ3n) is 3.48. The van der Waals surface area contributed by atoms with E-state index in [2.05, 4.69) is 5.32 Å². The summed E-state index contributed by atoms with van der Waals surface area (Å²) in [6, 6.07) is 0.741. The third kappa shape index (κ3) is 3.12. The highest BCUT2D eigenvalue weighted by Crippen LogP contribution is 2.27. The van der Waals surface area contributed by atoms with Crippen LogP contribution in [-0.4, -0.2) is 41.8 Å². The van der Waals surface area contributed by atoms with Gasteiger partial charge in [0.15, 0.2) is 0 Å². The number of carbonyl (C=O) groups excluding carboxylic acids is 1. The first-order valence-electron chi connectivity index (χ1n) is 6.69. The monoisotopic (exact) mass is 240 g/mol. The van der Waals surface area contributed by atoms with E-state index in [0.29, 0.717) is 12.1 Å². The highest BCUT2D eigenvalue weighted by molar-refractivity contribution is 5.69. The molecule has 0 spiro atoms. The molecule has 17 heavy (non-hydrogen) atoms. The fourth-order valence-corrected chi connectivity index (χ4v) is 2.56. The predicted octanol–water partition coefficient (Wildman–Crippen LogP) is 2.14. The van der Waals surface area contributed by atoms with Gasteiger partial charge in [-0.1, -0.05) is 12.8 Å². The van der Waals surface area contributed by atoms with Gasteiger partial charge in [0, 0.05) is 19.1 Å². The van der Waals surface area contributed by atoms with Gasteiger partial charge in [0.25, 0.3) is 0 Å². The molecule has 0 bridgehead atoms. The minimum absolute atomic E-state index is 0.129. The molecule has 2 fully saturated rings. The highest BCUT2D eigenvalue weighted by Gasteiger charge is 2.37. The fourth-order valence-electron chi connectivity index (χ4n) is 2.56. The first-order chi connectivity index (χ1) is 7.97. The molecule has 1 amide bonds. The smallest absolute Gasteiger partial charge is 0.410 e. The molecular formula is C13H24N2O2. The maximum absolute atomic E-state index is 12.3. The van der Waals surface area contributed by atoms with Crippen molar-refractivity contribution in [3.8, 4) is 0 Å². The third-order valence-corrected chi connectivity index (χ3v) is 3.48. The summed E-state index contributed by atoms with van der Waals surface area (Å²) in [4.78, 5) is 14.3. The summed E-state index contributed by atoms with van der Waals surface area (Å²) in [5.74, 6) is 0. The lowest BCUT2D eigenvalue weighted by Gasteiger charge is -2.42. The van der Waals surface area contributed by atoms with Gasteiger partial charge in [0.05, 0.1) is 6.04 Å². The topological polar surface area (TPSA) is 41.6 Å². The number of ether oxygens (including phenoxy) is 1. The summed E-state index contributed by atoms with van der Waals surface area (Å²) < 4.78 is 5.53. The van der Waals surface area contributed by atoms with Crippen LogP contribution in [0.15, 0.2) is 0 Å². The zero-order valence-electron chi connectivity index (χ0n) is 11.2. The van der Waals surface area contributed by atoms with Crippen LogP contribution in [0.5, 0.6) is 0 Å². The van der Waals surface area contributed by atoms with Gasteiger partial charge in [0.1, 0.15) is 5.60 Å². The van der Waals surface area contributed by atoms with Crippen molar-refractivity contribution in [2.75, 3.05) is 13.1 Å². The van der Waals surface area contributed by atoms with Crippen LogP contribution in [0.2, 0.25) is 0 Å². The molecule has 0 radical (unpaired) electrons. The van der Waals surface area contributed by atoms with Gasteiger partial charge in [-0.2, -0.15) is 0 Å². The van der Waals surface area contributed by atoms with Crippen LogP contribution < -0.4 is 5.32 Å². The van der Waals surface area contributed by atoms with Crippen LogP contribution in [-0.2, 0) is 4.74 Å². The van der Waals surface area contributed by atoms with Crippen molar-refractivity contribution >= 4 is 6.09 Å². The lowest BCUT2D eigenvalue weighted by Crippen LogP contribution is -2.61. The van der Waals surface area contributed by atoms with E-state index in [1.165, 1.54) is 12.8 Å². The molecule has 4 nitrogen and oxygen atoms in total. The van der Waals surface area contributed by atoms with Crippen molar-refractivity contribution in [1.29, 1.82) is 0 Å². The van der Waals surface area contributed by atoms with E-state index in [-0.39, 0.29) is 6.09 Å². The zero-order chi connectivity index (χ0) is 12.5. The number of rotatable bonds is 2. The largest absolute Gasteiger partial charge is 0.444 e. The first kappa shape index (κ1) is 12.7. The number of nitrogens with one attached hydrogen (secondary N) is 1. The Morgan fingerprint density at radius 1 is 1.18 bits per heavy atom. The van der Waals surface area contributed by atoms with E-state index >= 15 is 0 Å². The Balaban J connectivity index is 2.01. The van der Waals surface area contributed by atoms with Gasteiger partial charge < -0.3 is 10.1 Å². The molecule has 2 aliphatic rings. The summed E-state index contributed by atoms with van der Waals surface area (Å²) in [5.41, 5.74) is -0.398. The van der Waals surface area contributed by atoms with Crippen LogP contribution in [0, 0.1) is 0 Å². The van der Waals surface area contributed by atoms with Gasteiger partial charge in [-0.15, -0.1) is 0 Å². The van der Waals surface area contributed by atoms with Crippen molar-refractivity contribution in [1.82, 2.24) is 10.2 Å². The standard InChI is InChI=1S/C13H24N2O2/c1-13(2,3)17-12(16)15(11-8-14-9-11)10-6-4-5-7-10/h10-11,14H,4-9H2,1-3H3.